The standard InChI is InChI=1S/C9H19NO/c1-7(2)10(8(3)4)9-5-11-6-9/h7-9H,5-6H2,1-4H3. The first kappa shape index (κ1) is 9.01. The third-order valence-corrected chi connectivity index (χ3v) is 2.23. The van der Waals surface area contributed by atoms with Gasteiger partial charge in [-0.1, -0.05) is 0 Å². The highest BCUT2D eigenvalue weighted by atomic mass is 16.5. The molecule has 0 aliphatic carbocycles. The van der Waals surface area contributed by atoms with Crippen molar-refractivity contribution in [2.45, 2.75) is 45.8 Å². The molecule has 1 aliphatic rings. The Kier molecular flexibility index (Phi) is 2.90. The van der Waals surface area contributed by atoms with Gasteiger partial charge in [-0.25, -0.2) is 0 Å². The molecule has 0 bridgehead atoms. The summed E-state index contributed by atoms with van der Waals surface area (Å²) >= 11 is 0. The zero-order chi connectivity index (χ0) is 8.43. The van der Waals surface area contributed by atoms with Crippen LogP contribution in [0.1, 0.15) is 27.7 Å². The van der Waals surface area contributed by atoms with Gasteiger partial charge in [0.1, 0.15) is 0 Å². The number of hydrogen-bond donors (Lipinski definition) is 0. The number of ether oxygens (including phenoxy) is 1. The fourth-order valence-corrected chi connectivity index (χ4v) is 1.83. The molecule has 1 fully saturated rings. The Bertz CT molecular complexity index is 111. The number of rotatable bonds is 3. The van der Waals surface area contributed by atoms with Gasteiger partial charge < -0.3 is 4.74 Å². The van der Waals surface area contributed by atoms with E-state index in [9.17, 15) is 0 Å². The van der Waals surface area contributed by atoms with Gasteiger partial charge in [-0.2, -0.15) is 0 Å². The molecule has 0 radical (unpaired) electrons. The Morgan fingerprint density at radius 1 is 1.09 bits per heavy atom. The highest BCUT2D eigenvalue weighted by Gasteiger charge is 2.29. The maximum atomic E-state index is 5.17. The lowest BCUT2D eigenvalue weighted by molar-refractivity contribution is -0.0860. The summed E-state index contributed by atoms with van der Waals surface area (Å²) in [6, 6.07) is 1.96. The zero-order valence-corrected chi connectivity index (χ0v) is 8.00. The average Bonchev–Trinajstić information content (AvgIpc) is 1.75. The van der Waals surface area contributed by atoms with Crippen LogP contribution >= 0.6 is 0 Å². The first-order valence-corrected chi connectivity index (χ1v) is 4.48. The molecule has 0 atom stereocenters. The maximum Gasteiger partial charge on any atom is 0.0645 e. The van der Waals surface area contributed by atoms with Gasteiger partial charge in [-0.3, -0.25) is 4.90 Å². The van der Waals surface area contributed by atoms with Gasteiger partial charge in [-0.05, 0) is 27.7 Å². The summed E-state index contributed by atoms with van der Waals surface area (Å²) in [5.41, 5.74) is 0. The lowest BCUT2D eigenvalue weighted by Gasteiger charge is -2.42. The van der Waals surface area contributed by atoms with E-state index in [1.54, 1.807) is 0 Å². The summed E-state index contributed by atoms with van der Waals surface area (Å²) in [7, 11) is 0. The van der Waals surface area contributed by atoms with E-state index in [4.69, 9.17) is 4.74 Å². The molecule has 0 N–H and O–H groups in total. The van der Waals surface area contributed by atoms with Crippen molar-refractivity contribution in [3.63, 3.8) is 0 Å². The molecule has 0 aromatic heterocycles. The van der Waals surface area contributed by atoms with Crippen molar-refractivity contribution in [2.24, 2.45) is 0 Å². The Hall–Kier alpha value is -0.0800. The van der Waals surface area contributed by atoms with Gasteiger partial charge >= 0.3 is 0 Å². The van der Waals surface area contributed by atoms with E-state index in [-0.39, 0.29) is 0 Å². The molecule has 0 amide bonds. The highest BCUT2D eigenvalue weighted by molar-refractivity contribution is 4.81. The van der Waals surface area contributed by atoms with Gasteiger partial charge in [0, 0.05) is 12.1 Å². The normalized spacial score (nSPS) is 19.9. The first-order chi connectivity index (χ1) is 5.13. The summed E-state index contributed by atoms with van der Waals surface area (Å²) in [4.78, 5) is 2.52. The molecule has 0 aromatic rings. The molecule has 1 rings (SSSR count). The summed E-state index contributed by atoms with van der Waals surface area (Å²) in [6.07, 6.45) is 0. The quantitative estimate of drug-likeness (QED) is 0.615. The van der Waals surface area contributed by atoms with Crippen molar-refractivity contribution in [3.05, 3.63) is 0 Å². The predicted molar refractivity (Wildman–Crippen MR) is 46.7 cm³/mol. The second kappa shape index (κ2) is 3.55. The van der Waals surface area contributed by atoms with E-state index in [2.05, 4.69) is 32.6 Å². The molecule has 1 aliphatic heterocycles. The molecule has 1 heterocycles. The number of nitrogens with zero attached hydrogens (tertiary/aromatic N) is 1. The second-order valence-corrected chi connectivity index (χ2v) is 3.83. The molecule has 2 heteroatoms. The molecule has 0 unspecified atom stereocenters. The SMILES string of the molecule is CC(C)N(C(C)C)C1COC1. The van der Waals surface area contributed by atoms with E-state index < -0.39 is 0 Å². The summed E-state index contributed by atoms with van der Waals surface area (Å²) in [5.74, 6) is 0. The fraction of sp³-hybridized carbons (Fsp3) is 1.00. The van der Waals surface area contributed by atoms with Gasteiger partial charge in [0.25, 0.3) is 0 Å². The Balaban J connectivity index is 2.44. The smallest absolute Gasteiger partial charge is 0.0645 e. The predicted octanol–water partition coefficient (Wildman–Crippen LogP) is 1.50. The van der Waals surface area contributed by atoms with Crippen LogP contribution in [0.15, 0.2) is 0 Å². The van der Waals surface area contributed by atoms with Gasteiger partial charge in [0.15, 0.2) is 0 Å². The maximum absolute atomic E-state index is 5.17. The van der Waals surface area contributed by atoms with Crippen molar-refractivity contribution in [1.82, 2.24) is 4.90 Å². The molecule has 0 saturated carbocycles. The van der Waals surface area contributed by atoms with E-state index >= 15 is 0 Å². The molecular formula is C9H19NO. The molecule has 11 heavy (non-hydrogen) atoms. The molecule has 2 nitrogen and oxygen atoms in total. The van der Waals surface area contributed by atoms with E-state index in [0.717, 1.165) is 13.2 Å². The topological polar surface area (TPSA) is 12.5 Å². The summed E-state index contributed by atoms with van der Waals surface area (Å²) in [5, 5.41) is 0. The van der Waals surface area contributed by atoms with Gasteiger partial charge in [0.05, 0.1) is 19.3 Å². The minimum absolute atomic E-state index is 0.642. The van der Waals surface area contributed by atoms with Crippen molar-refractivity contribution in [1.29, 1.82) is 0 Å². The Labute approximate surface area is 69.5 Å². The van der Waals surface area contributed by atoms with E-state index in [1.807, 2.05) is 0 Å². The Morgan fingerprint density at radius 2 is 1.55 bits per heavy atom. The van der Waals surface area contributed by atoms with Crippen molar-refractivity contribution < 1.29 is 4.74 Å². The lowest BCUT2D eigenvalue weighted by atomic mass is 10.1. The van der Waals surface area contributed by atoms with Crippen LogP contribution in [-0.4, -0.2) is 36.2 Å². The average molecular weight is 157 g/mol. The zero-order valence-electron chi connectivity index (χ0n) is 8.00. The van der Waals surface area contributed by atoms with Crippen LogP contribution in [0.25, 0.3) is 0 Å². The van der Waals surface area contributed by atoms with E-state index in [0.29, 0.717) is 18.1 Å². The van der Waals surface area contributed by atoms with Crippen molar-refractivity contribution >= 4 is 0 Å². The number of hydrogen-bond acceptors (Lipinski definition) is 2. The second-order valence-electron chi connectivity index (χ2n) is 3.83. The minimum Gasteiger partial charge on any atom is -0.378 e. The molecule has 0 spiro atoms. The summed E-state index contributed by atoms with van der Waals surface area (Å²) < 4.78 is 5.17. The van der Waals surface area contributed by atoms with E-state index in [1.165, 1.54) is 0 Å². The van der Waals surface area contributed by atoms with Gasteiger partial charge in [0.2, 0.25) is 0 Å². The fourth-order valence-electron chi connectivity index (χ4n) is 1.83. The molecule has 0 aromatic carbocycles. The van der Waals surface area contributed by atoms with Crippen LogP contribution in [0.3, 0.4) is 0 Å². The Morgan fingerprint density at radius 3 is 1.64 bits per heavy atom. The summed E-state index contributed by atoms with van der Waals surface area (Å²) in [6.45, 7) is 10.8. The lowest BCUT2D eigenvalue weighted by Crippen LogP contribution is -2.54. The van der Waals surface area contributed by atoms with Crippen molar-refractivity contribution in [2.75, 3.05) is 13.2 Å². The molecule has 66 valence electrons. The molecule has 1 saturated heterocycles. The van der Waals surface area contributed by atoms with Crippen LogP contribution in [0.5, 0.6) is 0 Å². The minimum atomic E-state index is 0.642. The third kappa shape index (κ3) is 1.94. The third-order valence-electron chi connectivity index (χ3n) is 2.23. The highest BCUT2D eigenvalue weighted by Crippen LogP contribution is 2.16. The van der Waals surface area contributed by atoms with Crippen LogP contribution < -0.4 is 0 Å². The van der Waals surface area contributed by atoms with Crippen molar-refractivity contribution in [3.8, 4) is 0 Å². The van der Waals surface area contributed by atoms with Crippen LogP contribution in [0, 0.1) is 0 Å². The largest absolute Gasteiger partial charge is 0.378 e. The van der Waals surface area contributed by atoms with Crippen LogP contribution in [0.4, 0.5) is 0 Å². The first-order valence-electron chi connectivity index (χ1n) is 4.48. The van der Waals surface area contributed by atoms with Crippen LogP contribution in [-0.2, 0) is 4.74 Å². The monoisotopic (exact) mass is 157 g/mol. The molecular weight excluding hydrogens is 138 g/mol. The van der Waals surface area contributed by atoms with Gasteiger partial charge in [-0.15, -0.1) is 0 Å². The van der Waals surface area contributed by atoms with Crippen LogP contribution in [0.2, 0.25) is 0 Å².